The van der Waals surface area contributed by atoms with Crippen molar-refractivity contribution in [2.24, 2.45) is 0 Å². The molecular weight excluding hydrogens is 746 g/mol. The van der Waals surface area contributed by atoms with Gasteiger partial charge in [-0.2, -0.15) is 4.39 Å². The maximum Gasteiger partial charge on any atom is 0.343 e. The van der Waals surface area contributed by atoms with E-state index in [9.17, 15) is 19.2 Å². The van der Waals surface area contributed by atoms with E-state index in [2.05, 4.69) is 39.3 Å². The Bertz CT molecular complexity index is 2060. The second-order valence-electron chi connectivity index (χ2n) is 14.0. The summed E-state index contributed by atoms with van der Waals surface area (Å²) in [5.74, 6) is -7.46. The first-order valence-electron chi connectivity index (χ1n) is 17.6. The molecule has 0 aliphatic carbocycles. The van der Waals surface area contributed by atoms with E-state index >= 15 is 13.2 Å². The smallest absolute Gasteiger partial charge is 0.343 e. The van der Waals surface area contributed by atoms with E-state index in [1.165, 1.54) is 6.07 Å². The first-order valence-corrected chi connectivity index (χ1v) is 24.0. The van der Waals surface area contributed by atoms with Crippen molar-refractivity contribution in [1.82, 2.24) is 0 Å². The third kappa shape index (κ3) is 11.2. The second kappa shape index (κ2) is 18.7. The van der Waals surface area contributed by atoms with E-state index in [0.717, 1.165) is 58.9 Å². The molecular formula is C42H43F3O8Si2. The maximum absolute atomic E-state index is 15.3. The summed E-state index contributed by atoms with van der Waals surface area (Å²) in [5, 5.41) is 2.11. The Morgan fingerprint density at radius 1 is 0.600 bits per heavy atom. The highest BCUT2D eigenvalue weighted by atomic mass is 28.3. The van der Waals surface area contributed by atoms with Crippen LogP contribution < -0.4 is 19.8 Å². The first kappa shape index (κ1) is 42.2. The fourth-order valence-corrected chi connectivity index (χ4v) is 10.6. The Morgan fingerprint density at radius 3 is 1.47 bits per heavy atom. The van der Waals surface area contributed by atoms with Gasteiger partial charge in [0.1, 0.15) is 0 Å². The number of halogens is 3. The van der Waals surface area contributed by atoms with Crippen molar-refractivity contribution in [2.75, 3.05) is 13.2 Å². The Balaban J connectivity index is 1.37. The summed E-state index contributed by atoms with van der Waals surface area (Å²) in [4.78, 5) is 48.2. The largest absolute Gasteiger partial charge is 0.463 e. The van der Waals surface area contributed by atoms with Crippen LogP contribution in [0.1, 0.15) is 33.6 Å². The van der Waals surface area contributed by atoms with Gasteiger partial charge in [0.2, 0.25) is 5.82 Å². The van der Waals surface area contributed by atoms with Crippen LogP contribution in [-0.4, -0.2) is 53.2 Å². The Labute approximate surface area is 320 Å². The van der Waals surface area contributed by atoms with Crippen LogP contribution in [0.25, 0.3) is 11.1 Å². The molecule has 4 aromatic rings. The molecule has 55 heavy (non-hydrogen) atoms. The van der Waals surface area contributed by atoms with Gasteiger partial charge >= 0.3 is 23.9 Å². The zero-order valence-electron chi connectivity index (χ0n) is 31.2. The summed E-state index contributed by atoms with van der Waals surface area (Å²) in [6.07, 6.45) is 3.59. The predicted molar refractivity (Wildman–Crippen MR) is 210 cm³/mol. The van der Waals surface area contributed by atoms with Crippen LogP contribution in [-0.2, 0) is 19.1 Å². The van der Waals surface area contributed by atoms with E-state index < -0.39 is 69.0 Å². The van der Waals surface area contributed by atoms with E-state index in [0.29, 0.717) is 12.8 Å². The van der Waals surface area contributed by atoms with Gasteiger partial charge in [-0.1, -0.05) is 92.1 Å². The summed E-state index contributed by atoms with van der Waals surface area (Å²) in [7, 11) is -3.85. The summed E-state index contributed by atoms with van der Waals surface area (Å²) in [5.41, 5.74) is -0.0147. The SMILES string of the molecule is C=CC(=O)OCCC[Si](C)(C)c1ccc(C(=O)Oc2ccc(-c3ccc(OC(=O)c4ccc([Si](C)(C)CCCOC(=O)C=C)cc4)c(F)c3F)cc2F)cc1. The van der Waals surface area contributed by atoms with Crippen molar-refractivity contribution < 1.29 is 51.3 Å². The minimum Gasteiger partial charge on any atom is -0.463 e. The number of ether oxygens (including phenoxy) is 4. The van der Waals surface area contributed by atoms with Gasteiger partial charge < -0.3 is 18.9 Å². The standard InChI is InChI=1S/C42H43F3O8Si2/c1-7-37(46)50-23-9-25-54(3,4)31-16-11-28(12-17-31)41(48)52-35-21-15-30(27-34(35)43)33-20-22-36(40(45)39(33)44)53-42(49)29-13-18-32(19-14-29)55(5,6)26-10-24-51-38(47)8-2/h7-8,11-22,27H,1-2,9-10,23-26H2,3-6H3. The first-order chi connectivity index (χ1) is 26.1. The quantitative estimate of drug-likeness (QED) is 0.0346. The number of esters is 4. The second-order valence-corrected chi connectivity index (χ2v) is 23.7. The van der Waals surface area contributed by atoms with Crippen molar-refractivity contribution in [1.29, 1.82) is 0 Å². The number of rotatable bonds is 17. The molecule has 0 heterocycles. The van der Waals surface area contributed by atoms with Crippen LogP contribution in [0.15, 0.2) is 104 Å². The highest BCUT2D eigenvalue weighted by molar-refractivity contribution is 6.90. The lowest BCUT2D eigenvalue weighted by Crippen LogP contribution is -2.41. The van der Waals surface area contributed by atoms with Gasteiger partial charge in [-0.15, -0.1) is 0 Å². The Hall–Kier alpha value is -5.54. The van der Waals surface area contributed by atoms with Crippen LogP contribution in [0.5, 0.6) is 11.5 Å². The molecule has 0 amide bonds. The van der Waals surface area contributed by atoms with Gasteiger partial charge in [0.05, 0.1) is 40.5 Å². The molecule has 0 fully saturated rings. The molecule has 0 bridgehead atoms. The van der Waals surface area contributed by atoms with Crippen molar-refractivity contribution in [3.63, 3.8) is 0 Å². The van der Waals surface area contributed by atoms with Crippen LogP contribution in [0, 0.1) is 17.5 Å². The van der Waals surface area contributed by atoms with E-state index in [1.54, 1.807) is 36.4 Å². The average Bonchev–Trinajstić information content (AvgIpc) is 3.17. The fraction of sp³-hybridized carbons (Fsp3) is 0.238. The monoisotopic (exact) mass is 788 g/mol. The molecule has 0 unspecified atom stereocenters. The molecule has 288 valence electrons. The molecule has 0 aliphatic rings. The molecule has 0 aliphatic heterocycles. The van der Waals surface area contributed by atoms with Crippen LogP contribution in [0.2, 0.25) is 38.3 Å². The Kier molecular flexibility index (Phi) is 14.3. The molecule has 13 heteroatoms. The van der Waals surface area contributed by atoms with Crippen molar-refractivity contribution >= 4 is 50.4 Å². The van der Waals surface area contributed by atoms with Crippen LogP contribution in [0.4, 0.5) is 13.2 Å². The minimum atomic E-state index is -1.94. The molecule has 0 spiro atoms. The van der Waals surface area contributed by atoms with Gasteiger partial charge in [0, 0.05) is 17.7 Å². The van der Waals surface area contributed by atoms with Crippen molar-refractivity contribution in [2.45, 2.75) is 51.1 Å². The van der Waals surface area contributed by atoms with Gasteiger partial charge in [0.15, 0.2) is 23.1 Å². The normalized spacial score (nSPS) is 11.3. The van der Waals surface area contributed by atoms with Crippen LogP contribution >= 0.6 is 0 Å². The zero-order chi connectivity index (χ0) is 40.3. The maximum atomic E-state index is 15.3. The Morgan fingerprint density at radius 2 is 1.04 bits per heavy atom. The molecule has 0 aromatic heterocycles. The lowest BCUT2D eigenvalue weighted by atomic mass is 10.0. The van der Waals surface area contributed by atoms with E-state index in [1.807, 2.05) is 12.1 Å². The van der Waals surface area contributed by atoms with Gasteiger partial charge in [0.25, 0.3) is 0 Å². The van der Waals surface area contributed by atoms with Gasteiger partial charge in [-0.25, -0.2) is 28.0 Å². The van der Waals surface area contributed by atoms with Crippen LogP contribution in [0.3, 0.4) is 0 Å². The highest BCUT2D eigenvalue weighted by Crippen LogP contribution is 2.33. The predicted octanol–water partition coefficient (Wildman–Crippen LogP) is 8.28. The molecule has 0 saturated heterocycles. The lowest BCUT2D eigenvalue weighted by molar-refractivity contribution is -0.138. The number of hydrogen-bond acceptors (Lipinski definition) is 8. The third-order valence-corrected chi connectivity index (χ3v) is 16.2. The van der Waals surface area contributed by atoms with Crippen molar-refractivity contribution in [3.05, 3.63) is 133 Å². The van der Waals surface area contributed by atoms with Gasteiger partial charge in [-0.3, -0.25) is 0 Å². The number of carbonyl (C=O) groups excluding carboxylic acids is 4. The van der Waals surface area contributed by atoms with E-state index in [-0.39, 0.29) is 35.5 Å². The third-order valence-electron chi connectivity index (χ3n) is 9.21. The van der Waals surface area contributed by atoms with Gasteiger partial charge in [-0.05, 0) is 66.9 Å². The van der Waals surface area contributed by atoms with Crippen molar-refractivity contribution in [3.8, 4) is 22.6 Å². The molecule has 4 rings (SSSR count). The highest BCUT2D eigenvalue weighted by Gasteiger charge is 2.26. The number of carbonyl (C=O) groups is 4. The topological polar surface area (TPSA) is 105 Å². The minimum absolute atomic E-state index is 0.0383. The summed E-state index contributed by atoms with van der Waals surface area (Å²) in [6.45, 7) is 15.9. The molecule has 0 N–H and O–H groups in total. The van der Waals surface area contributed by atoms with E-state index in [4.69, 9.17) is 18.9 Å². The average molecular weight is 789 g/mol. The summed E-state index contributed by atoms with van der Waals surface area (Å²) >= 11 is 0. The summed E-state index contributed by atoms with van der Waals surface area (Å²) in [6, 6.07) is 20.8. The molecule has 0 saturated carbocycles. The molecule has 0 atom stereocenters. The summed E-state index contributed by atoms with van der Waals surface area (Å²) < 4.78 is 66.1. The molecule has 8 nitrogen and oxygen atoms in total. The lowest BCUT2D eigenvalue weighted by Gasteiger charge is -2.23. The number of hydrogen-bond donors (Lipinski definition) is 0. The molecule has 0 radical (unpaired) electrons. The zero-order valence-corrected chi connectivity index (χ0v) is 33.2. The molecule has 4 aromatic carbocycles. The number of benzene rings is 4. The fourth-order valence-electron chi connectivity index (χ4n) is 5.80.